The molecule has 0 saturated carbocycles. The van der Waals surface area contributed by atoms with Crippen LogP contribution in [0.15, 0.2) is 61.3 Å². The van der Waals surface area contributed by atoms with Crippen LogP contribution in [0.1, 0.15) is 49.3 Å². The van der Waals surface area contributed by atoms with E-state index >= 15 is 0 Å². The number of nitrogens with two attached hydrogens (primary N) is 1. The standard InChI is InChI=1S/C24H29FN4O/c1-3-8-17(9-4-2)21-16-27-24(28-21)22-12-7-13-29(22)23(30)15-19(26)14-18-10-5-6-11-20(18)25/h3-6,8-11,16,19,22H,1,7,12-15,26H2,2H3,(H,27,28). The lowest BCUT2D eigenvalue weighted by Gasteiger charge is -2.25. The van der Waals surface area contributed by atoms with Gasteiger partial charge in [0.1, 0.15) is 11.6 Å². The number of benzene rings is 1. The summed E-state index contributed by atoms with van der Waals surface area (Å²) in [6, 6.07) is 6.02. The second kappa shape index (κ2) is 10.2. The number of aromatic amines is 1. The van der Waals surface area contributed by atoms with E-state index in [2.05, 4.69) is 16.5 Å². The highest BCUT2D eigenvalue weighted by Crippen LogP contribution is 2.31. The molecule has 0 spiro atoms. The number of amides is 1. The van der Waals surface area contributed by atoms with Crippen molar-refractivity contribution in [3.05, 3.63) is 84.2 Å². The molecule has 1 aromatic carbocycles. The molecule has 1 aliphatic rings. The second-order valence-electron chi connectivity index (χ2n) is 7.54. The molecule has 1 amide bonds. The third kappa shape index (κ3) is 5.13. The number of aromatic nitrogens is 2. The van der Waals surface area contributed by atoms with Gasteiger partial charge in [0, 0.05) is 19.0 Å². The number of imidazole rings is 1. The first-order valence-corrected chi connectivity index (χ1v) is 10.3. The van der Waals surface area contributed by atoms with Crippen molar-refractivity contribution in [1.82, 2.24) is 14.9 Å². The van der Waals surface area contributed by atoms with Gasteiger partial charge < -0.3 is 15.6 Å². The van der Waals surface area contributed by atoms with E-state index < -0.39 is 6.04 Å². The minimum atomic E-state index is -0.431. The Labute approximate surface area is 177 Å². The van der Waals surface area contributed by atoms with Crippen molar-refractivity contribution in [2.75, 3.05) is 6.54 Å². The molecule has 1 aromatic heterocycles. The van der Waals surface area contributed by atoms with Crippen LogP contribution in [0.5, 0.6) is 0 Å². The Morgan fingerprint density at radius 3 is 3.00 bits per heavy atom. The fraction of sp³-hybridized carbons (Fsp3) is 0.333. The zero-order valence-corrected chi connectivity index (χ0v) is 17.4. The third-order valence-electron chi connectivity index (χ3n) is 5.32. The van der Waals surface area contributed by atoms with Crippen molar-refractivity contribution >= 4 is 11.5 Å². The first-order chi connectivity index (χ1) is 14.5. The highest BCUT2D eigenvalue weighted by Gasteiger charge is 2.32. The van der Waals surface area contributed by atoms with E-state index in [0.717, 1.165) is 29.9 Å². The van der Waals surface area contributed by atoms with E-state index in [9.17, 15) is 9.18 Å². The van der Waals surface area contributed by atoms with Gasteiger partial charge in [0.15, 0.2) is 0 Å². The zero-order valence-electron chi connectivity index (χ0n) is 17.4. The van der Waals surface area contributed by atoms with Crippen LogP contribution in [0.25, 0.3) is 5.57 Å². The molecule has 1 fully saturated rings. The van der Waals surface area contributed by atoms with Crippen LogP contribution in [-0.2, 0) is 11.2 Å². The zero-order chi connectivity index (χ0) is 21.5. The van der Waals surface area contributed by atoms with E-state index in [-0.39, 0.29) is 24.2 Å². The Hall–Kier alpha value is -2.99. The summed E-state index contributed by atoms with van der Waals surface area (Å²) in [6.07, 6.45) is 11.7. The fourth-order valence-electron chi connectivity index (χ4n) is 3.90. The molecule has 6 heteroatoms. The lowest BCUT2D eigenvalue weighted by atomic mass is 10.0. The average molecular weight is 409 g/mol. The van der Waals surface area contributed by atoms with Crippen molar-refractivity contribution in [3.8, 4) is 0 Å². The van der Waals surface area contributed by atoms with E-state index in [1.54, 1.807) is 30.5 Å². The Bertz CT molecular complexity index is 946. The van der Waals surface area contributed by atoms with Gasteiger partial charge in [0.25, 0.3) is 0 Å². The highest BCUT2D eigenvalue weighted by molar-refractivity contribution is 5.78. The number of likely N-dealkylation sites (tertiary alicyclic amines) is 1. The number of carbonyl (C=O) groups excluding carboxylic acids is 1. The predicted octanol–water partition coefficient (Wildman–Crippen LogP) is 4.32. The van der Waals surface area contributed by atoms with Gasteiger partial charge in [0.2, 0.25) is 5.91 Å². The first-order valence-electron chi connectivity index (χ1n) is 10.3. The van der Waals surface area contributed by atoms with Crippen molar-refractivity contribution in [2.24, 2.45) is 5.73 Å². The monoisotopic (exact) mass is 408 g/mol. The van der Waals surface area contributed by atoms with Gasteiger partial charge in [-0.15, -0.1) is 0 Å². The largest absolute Gasteiger partial charge is 0.340 e. The minimum absolute atomic E-state index is 0.0189. The number of nitrogens with one attached hydrogen (secondary N) is 1. The van der Waals surface area contributed by atoms with Gasteiger partial charge in [-0.2, -0.15) is 0 Å². The molecule has 5 nitrogen and oxygen atoms in total. The summed E-state index contributed by atoms with van der Waals surface area (Å²) in [5, 5.41) is 0. The Balaban J connectivity index is 1.68. The predicted molar refractivity (Wildman–Crippen MR) is 118 cm³/mol. The molecular formula is C24H29FN4O. The van der Waals surface area contributed by atoms with Gasteiger partial charge in [-0.3, -0.25) is 4.79 Å². The molecule has 0 aliphatic carbocycles. The normalized spacial score (nSPS) is 18.2. The summed E-state index contributed by atoms with van der Waals surface area (Å²) in [5.41, 5.74) is 8.58. The van der Waals surface area contributed by atoms with Gasteiger partial charge in [0.05, 0.1) is 17.9 Å². The van der Waals surface area contributed by atoms with Crippen LogP contribution in [-0.4, -0.2) is 33.4 Å². The maximum atomic E-state index is 13.9. The molecule has 3 rings (SSSR count). The molecule has 158 valence electrons. The van der Waals surface area contributed by atoms with Gasteiger partial charge in [-0.25, -0.2) is 9.37 Å². The van der Waals surface area contributed by atoms with E-state index in [4.69, 9.17) is 5.73 Å². The fourth-order valence-corrected chi connectivity index (χ4v) is 3.90. The average Bonchev–Trinajstić information content (AvgIpc) is 3.39. The molecule has 1 saturated heterocycles. The lowest BCUT2D eigenvalue weighted by molar-refractivity contribution is -0.132. The molecule has 3 N–H and O–H groups in total. The number of nitrogens with zero attached hydrogens (tertiary/aromatic N) is 2. The Morgan fingerprint density at radius 1 is 1.47 bits per heavy atom. The number of hydrogen-bond acceptors (Lipinski definition) is 3. The third-order valence-corrected chi connectivity index (χ3v) is 5.32. The van der Waals surface area contributed by atoms with Crippen LogP contribution < -0.4 is 5.73 Å². The number of rotatable bonds is 8. The van der Waals surface area contributed by atoms with Gasteiger partial charge in [-0.1, -0.05) is 49.1 Å². The number of H-pyrrole nitrogens is 1. The van der Waals surface area contributed by atoms with Crippen LogP contribution in [0.3, 0.4) is 0 Å². The molecule has 2 atom stereocenters. The Kier molecular flexibility index (Phi) is 7.36. The SMILES string of the molecule is C=CC=C(C=CC)c1cnc(C2CCCN2C(=O)CC(N)Cc2ccccc2F)[nH]1. The summed E-state index contributed by atoms with van der Waals surface area (Å²) in [7, 11) is 0. The van der Waals surface area contributed by atoms with Crippen LogP contribution >= 0.6 is 0 Å². The van der Waals surface area contributed by atoms with Crippen LogP contribution in [0.2, 0.25) is 0 Å². The molecular weight excluding hydrogens is 379 g/mol. The van der Waals surface area contributed by atoms with Crippen molar-refractivity contribution in [3.63, 3.8) is 0 Å². The van der Waals surface area contributed by atoms with E-state index in [1.807, 2.05) is 30.1 Å². The maximum absolute atomic E-state index is 13.9. The number of halogens is 1. The van der Waals surface area contributed by atoms with Crippen LogP contribution in [0, 0.1) is 5.82 Å². The Morgan fingerprint density at radius 2 is 2.27 bits per heavy atom. The maximum Gasteiger partial charge on any atom is 0.224 e. The molecule has 2 heterocycles. The number of carbonyl (C=O) groups is 1. The number of allylic oxidation sites excluding steroid dienone is 5. The topological polar surface area (TPSA) is 75.0 Å². The van der Waals surface area contributed by atoms with Crippen molar-refractivity contribution in [1.29, 1.82) is 0 Å². The first kappa shape index (κ1) is 21.7. The summed E-state index contributed by atoms with van der Waals surface area (Å²) in [4.78, 5) is 22.7. The summed E-state index contributed by atoms with van der Waals surface area (Å²) in [6.45, 7) is 6.39. The number of hydrogen-bond donors (Lipinski definition) is 2. The van der Waals surface area contributed by atoms with E-state index in [1.165, 1.54) is 6.07 Å². The summed E-state index contributed by atoms with van der Waals surface area (Å²) >= 11 is 0. The molecule has 0 radical (unpaired) electrons. The summed E-state index contributed by atoms with van der Waals surface area (Å²) < 4.78 is 13.9. The lowest BCUT2D eigenvalue weighted by Crippen LogP contribution is -2.36. The summed E-state index contributed by atoms with van der Waals surface area (Å²) in [5.74, 6) is 0.472. The van der Waals surface area contributed by atoms with E-state index in [0.29, 0.717) is 18.5 Å². The van der Waals surface area contributed by atoms with Crippen molar-refractivity contribution < 1.29 is 9.18 Å². The van der Waals surface area contributed by atoms with Gasteiger partial charge >= 0.3 is 0 Å². The quantitative estimate of drug-likeness (QED) is 0.639. The van der Waals surface area contributed by atoms with Crippen molar-refractivity contribution in [2.45, 2.75) is 44.7 Å². The highest BCUT2D eigenvalue weighted by atomic mass is 19.1. The van der Waals surface area contributed by atoms with Crippen LogP contribution in [0.4, 0.5) is 4.39 Å². The molecule has 0 bridgehead atoms. The second-order valence-corrected chi connectivity index (χ2v) is 7.54. The van der Waals surface area contributed by atoms with Gasteiger partial charge in [-0.05, 0) is 43.4 Å². The molecule has 1 aliphatic heterocycles. The molecule has 2 unspecified atom stereocenters. The minimum Gasteiger partial charge on any atom is -0.340 e. The smallest absolute Gasteiger partial charge is 0.224 e. The molecule has 30 heavy (non-hydrogen) atoms. The molecule has 2 aromatic rings.